The van der Waals surface area contributed by atoms with Crippen molar-refractivity contribution in [2.45, 2.75) is 31.7 Å². The number of piperazine rings is 1. The molecule has 2 bridgehead atoms. The van der Waals surface area contributed by atoms with Gasteiger partial charge >= 0.3 is 0 Å². The van der Waals surface area contributed by atoms with Crippen LogP contribution in [0.2, 0.25) is 0 Å². The van der Waals surface area contributed by atoms with Crippen LogP contribution in [0.4, 0.5) is 5.95 Å². The normalized spacial score (nSPS) is 30.6. The van der Waals surface area contributed by atoms with E-state index in [4.69, 9.17) is 12.2 Å². The summed E-state index contributed by atoms with van der Waals surface area (Å²) in [5.41, 5.74) is 0. The molecule has 3 aliphatic rings. The maximum Gasteiger partial charge on any atom is 0.225 e. The number of aromatic nitrogens is 2. The highest BCUT2D eigenvalue weighted by Crippen LogP contribution is 2.44. The van der Waals surface area contributed by atoms with E-state index in [0.717, 1.165) is 49.1 Å². The Bertz CT molecular complexity index is 529. The summed E-state index contributed by atoms with van der Waals surface area (Å²) < 4.78 is 0. The standard InChI is InChI=1S/C16H23N5S/c22-16(19-14-11-12-2-3-13(14)10-12)21-8-6-20(7-9-21)15-17-4-1-5-18-15/h1,4-5,12-14H,2-3,6-11H2,(H,19,22)/t12-,13-,14+/m0/s1. The van der Waals surface area contributed by atoms with Gasteiger partial charge in [0.25, 0.3) is 0 Å². The Labute approximate surface area is 137 Å². The van der Waals surface area contributed by atoms with Crippen LogP contribution in [0.15, 0.2) is 18.5 Å². The molecule has 5 nitrogen and oxygen atoms in total. The third-order valence-corrected chi connectivity index (χ3v) is 5.82. The van der Waals surface area contributed by atoms with Crippen molar-refractivity contribution in [2.75, 3.05) is 31.1 Å². The van der Waals surface area contributed by atoms with Gasteiger partial charge in [0.2, 0.25) is 5.95 Å². The molecule has 0 radical (unpaired) electrons. The number of rotatable bonds is 2. The molecule has 1 aromatic heterocycles. The number of anilines is 1. The summed E-state index contributed by atoms with van der Waals surface area (Å²) in [6, 6.07) is 2.48. The molecule has 4 rings (SSSR count). The first-order valence-electron chi connectivity index (χ1n) is 8.37. The molecule has 2 aliphatic carbocycles. The lowest BCUT2D eigenvalue weighted by Gasteiger charge is -2.37. The summed E-state index contributed by atoms with van der Waals surface area (Å²) >= 11 is 5.65. The average Bonchev–Trinajstić information content (AvgIpc) is 3.19. The van der Waals surface area contributed by atoms with Gasteiger partial charge < -0.3 is 15.1 Å². The van der Waals surface area contributed by atoms with Crippen molar-refractivity contribution in [1.82, 2.24) is 20.2 Å². The average molecular weight is 317 g/mol. The monoisotopic (exact) mass is 317 g/mol. The van der Waals surface area contributed by atoms with E-state index in [-0.39, 0.29) is 0 Å². The van der Waals surface area contributed by atoms with Crippen LogP contribution in [0.1, 0.15) is 25.7 Å². The summed E-state index contributed by atoms with van der Waals surface area (Å²) in [6.45, 7) is 3.76. The molecule has 3 atom stereocenters. The number of hydrogen-bond donors (Lipinski definition) is 1. The van der Waals surface area contributed by atoms with Crippen LogP contribution in [0.25, 0.3) is 0 Å². The zero-order valence-corrected chi connectivity index (χ0v) is 13.6. The number of fused-ring (bicyclic) bond motifs is 2. The second kappa shape index (κ2) is 5.99. The zero-order valence-electron chi connectivity index (χ0n) is 12.8. The first-order chi connectivity index (χ1) is 10.8. The Morgan fingerprint density at radius 2 is 1.86 bits per heavy atom. The van der Waals surface area contributed by atoms with Gasteiger partial charge in [-0.25, -0.2) is 9.97 Å². The summed E-state index contributed by atoms with van der Waals surface area (Å²) in [6.07, 6.45) is 9.17. The molecule has 118 valence electrons. The molecule has 0 unspecified atom stereocenters. The predicted molar refractivity (Wildman–Crippen MR) is 90.8 cm³/mol. The van der Waals surface area contributed by atoms with Gasteiger partial charge in [-0.2, -0.15) is 0 Å². The molecule has 0 amide bonds. The minimum Gasteiger partial charge on any atom is -0.360 e. The topological polar surface area (TPSA) is 44.3 Å². The van der Waals surface area contributed by atoms with E-state index in [1.165, 1.54) is 25.7 Å². The largest absolute Gasteiger partial charge is 0.360 e. The lowest BCUT2D eigenvalue weighted by atomic mass is 9.95. The molecule has 1 aromatic rings. The first-order valence-corrected chi connectivity index (χ1v) is 8.78. The van der Waals surface area contributed by atoms with Gasteiger partial charge in [0.1, 0.15) is 0 Å². The zero-order chi connectivity index (χ0) is 14.9. The summed E-state index contributed by atoms with van der Waals surface area (Å²) in [7, 11) is 0. The Morgan fingerprint density at radius 3 is 2.50 bits per heavy atom. The van der Waals surface area contributed by atoms with Crippen LogP contribution in [0.3, 0.4) is 0 Å². The highest BCUT2D eigenvalue weighted by atomic mass is 32.1. The van der Waals surface area contributed by atoms with E-state index < -0.39 is 0 Å². The maximum atomic E-state index is 5.65. The third kappa shape index (κ3) is 2.76. The molecule has 2 saturated carbocycles. The van der Waals surface area contributed by atoms with Crippen LogP contribution in [-0.4, -0.2) is 52.2 Å². The van der Waals surface area contributed by atoms with E-state index in [0.29, 0.717) is 6.04 Å². The molecule has 22 heavy (non-hydrogen) atoms. The highest BCUT2D eigenvalue weighted by Gasteiger charge is 2.40. The number of thiocarbonyl (C=S) groups is 1. The molecule has 3 fully saturated rings. The first kappa shape index (κ1) is 14.2. The maximum absolute atomic E-state index is 5.65. The van der Waals surface area contributed by atoms with Crippen molar-refractivity contribution in [3.05, 3.63) is 18.5 Å². The minimum absolute atomic E-state index is 0.627. The van der Waals surface area contributed by atoms with Crippen LogP contribution >= 0.6 is 12.2 Å². The number of nitrogens with one attached hydrogen (secondary N) is 1. The highest BCUT2D eigenvalue weighted by molar-refractivity contribution is 7.80. The van der Waals surface area contributed by atoms with Crippen LogP contribution in [0, 0.1) is 11.8 Å². The van der Waals surface area contributed by atoms with Crippen LogP contribution in [0.5, 0.6) is 0 Å². The lowest BCUT2D eigenvalue weighted by Crippen LogP contribution is -2.54. The second-order valence-electron chi connectivity index (χ2n) is 6.75. The van der Waals surface area contributed by atoms with E-state index in [2.05, 4.69) is 25.1 Å². The van der Waals surface area contributed by atoms with Gasteiger partial charge in [-0.05, 0) is 49.4 Å². The molecule has 1 saturated heterocycles. The van der Waals surface area contributed by atoms with Crippen molar-refractivity contribution in [3.63, 3.8) is 0 Å². The van der Waals surface area contributed by atoms with Crippen LogP contribution < -0.4 is 10.2 Å². The molecule has 2 heterocycles. The Morgan fingerprint density at radius 1 is 1.09 bits per heavy atom. The van der Waals surface area contributed by atoms with Crippen molar-refractivity contribution in [3.8, 4) is 0 Å². The van der Waals surface area contributed by atoms with E-state index in [9.17, 15) is 0 Å². The van der Waals surface area contributed by atoms with Gasteiger partial charge in [-0.15, -0.1) is 0 Å². The van der Waals surface area contributed by atoms with Crippen molar-refractivity contribution < 1.29 is 0 Å². The summed E-state index contributed by atoms with van der Waals surface area (Å²) in [5, 5.41) is 4.59. The summed E-state index contributed by atoms with van der Waals surface area (Å²) in [5.74, 6) is 2.65. The number of hydrogen-bond acceptors (Lipinski definition) is 4. The van der Waals surface area contributed by atoms with Gasteiger partial charge in [0.05, 0.1) is 0 Å². The Balaban J connectivity index is 1.29. The molecule has 1 N–H and O–H groups in total. The van der Waals surface area contributed by atoms with Gasteiger partial charge in [-0.1, -0.05) is 6.42 Å². The van der Waals surface area contributed by atoms with Crippen molar-refractivity contribution in [2.24, 2.45) is 11.8 Å². The fourth-order valence-corrected chi connectivity index (χ4v) is 4.57. The minimum atomic E-state index is 0.627. The molecule has 0 spiro atoms. The molecule has 1 aliphatic heterocycles. The quantitative estimate of drug-likeness (QED) is 0.837. The lowest BCUT2D eigenvalue weighted by molar-refractivity contribution is 0.344. The number of nitrogens with zero attached hydrogens (tertiary/aromatic N) is 4. The fraction of sp³-hybridized carbons (Fsp3) is 0.688. The third-order valence-electron chi connectivity index (χ3n) is 5.45. The second-order valence-corrected chi connectivity index (χ2v) is 7.14. The van der Waals surface area contributed by atoms with E-state index in [1.54, 1.807) is 12.4 Å². The summed E-state index contributed by atoms with van der Waals surface area (Å²) in [4.78, 5) is 13.2. The fourth-order valence-electron chi connectivity index (χ4n) is 4.24. The van der Waals surface area contributed by atoms with Gasteiger partial charge in [0, 0.05) is 44.6 Å². The van der Waals surface area contributed by atoms with Crippen molar-refractivity contribution in [1.29, 1.82) is 0 Å². The van der Waals surface area contributed by atoms with E-state index >= 15 is 0 Å². The van der Waals surface area contributed by atoms with Gasteiger partial charge in [-0.3, -0.25) is 0 Å². The molecule has 6 heteroatoms. The molecular formula is C16H23N5S. The smallest absolute Gasteiger partial charge is 0.225 e. The SMILES string of the molecule is S=C(N[C@@H]1C[C@H]2CC[C@H]1C2)N1CCN(c2ncccn2)CC1. The molecular weight excluding hydrogens is 294 g/mol. The Kier molecular flexibility index (Phi) is 3.86. The van der Waals surface area contributed by atoms with Crippen molar-refractivity contribution >= 4 is 23.3 Å². The van der Waals surface area contributed by atoms with Crippen LogP contribution in [-0.2, 0) is 0 Å². The predicted octanol–water partition coefficient (Wildman–Crippen LogP) is 1.66. The van der Waals surface area contributed by atoms with E-state index in [1.807, 2.05) is 6.07 Å². The van der Waals surface area contributed by atoms with Gasteiger partial charge in [0.15, 0.2) is 5.11 Å². The molecule has 0 aromatic carbocycles. The Hall–Kier alpha value is -1.43.